The number of oxime groups is 1. The number of hydrogen-bond donors (Lipinski definition) is 3. The molecule has 6 heteroatoms. The number of nitrogens with two attached hydrogens (primary N) is 1. The van der Waals surface area contributed by atoms with E-state index < -0.39 is 0 Å². The minimum Gasteiger partial charge on any atom is -0.409 e. The fourth-order valence-electron chi connectivity index (χ4n) is 1.94. The van der Waals surface area contributed by atoms with E-state index >= 15 is 0 Å². The van der Waals surface area contributed by atoms with Crippen LogP contribution in [0.4, 0.5) is 4.39 Å². The highest BCUT2D eigenvalue weighted by molar-refractivity contribution is 5.95. The van der Waals surface area contributed by atoms with E-state index in [1.165, 1.54) is 12.1 Å². The summed E-state index contributed by atoms with van der Waals surface area (Å²) in [5, 5.41) is 14.9. The van der Waals surface area contributed by atoms with Crippen molar-refractivity contribution in [2.75, 3.05) is 0 Å². The maximum Gasteiger partial charge on any atom is 0.188 e. The lowest BCUT2D eigenvalue weighted by atomic mass is 10.1. The molecule has 5 nitrogen and oxygen atoms in total. The predicted molar refractivity (Wildman–Crippen MR) is 78.4 cm³/mol. The summed E-state index contributed by atoms with van der Waals surface area (Å²) in [6, 6.07) is 10.1. The summed E-state index contributed by atoms with van der Waals surface area (Å²) in [7, 11) is 0. The Morgan fingerprint density at radius 2 is 2.24 bits per heavy atom. The minimum atomic E-state index is -0.251. The summed E-state index contributed by atoms with van der Waals surface area (Å²) < 4.78 is 13.2. The number of amidine groups is 1. The summed E-state index contributed by atoms with van der Waals surface area (Å²) >= 11 is 0. The number of nitrogens with one attached hydrogen (secondary N) is 1. The molecule has 0 fully saturated rings. The smallest absolute Gasteiger partial charge is 0.188 e. The van der Waals surface area contributed by atoms with E-state index in [1.54, 1.807) is 18.3 Å². The van der Waals surface area contributed by atoms with Gasteiger partial charge in [-0.1, -0.05) is 17.3 Å². The zero-order chi connectivity index (χ0) is 15.2. The summed E-state index contributed by atoms with van der Waals surface area (Å²) in [4.78, 5) is 4.01. The molecule has 1 aromatic carbocycles. The van der Waals surface area contributed by atoms with Crippen LogP contribution in [0, 0.1) is 5.82 Å². The lowest BCUT2D eigenvalue weighted by Crippen LogP contribution is -2.19. The van der Waals surface area contributed by atoms with Crippen molar-refractivity contribution in [2.45, 2.75) is 19.5 Å². The highest BCUT2D eigenvalue weighted by atomic mass is 19.1. The van der Waals surface area contributed by atoms with Gasteiger partial charge < -0.3 is 16.3 Å². The zero-order valence-electron chi connectivity index (χ0n) is 11.6. The standard InChI is InChI=1S/C15H17FN4O/c1-10(12-3-2-4-13(16)8-12)19-9-11-5-6-18-14(7-11)15(17)20-21/h2-8,10,19,21H,9H2,1H3,(H2,17,20). The summed E-state index contributed by atoms with van der Waals surface area (Å²) in [5.74, 6) is -0.283. The van der Waals surface area contributed by atoms with Gasteiger partial charge in [0, 0.05) is 18.8 Å². The van der Waals surface area contributed by atoms with E-state index in [0.717, 1.165) is 11.1 Å². The molecule has 2 aromatic rings. The number of pyridine rings is 1. The summed E-state index contributed by atoms with van der Waals surface area (Å²) in [6.45, 7) is 2.52. The second-order valence-corrected chi connectivity index (χ2v) is 4.69. The molecule has 0 saturated heterocycles. The minimum absolute atomic E-state index is 0.00108. The van der Waals surface area contributed by atoms with E-state index in [0.29, 0.717) is 12.2 Å². The fraction of sp³-hybridized carbons (Fsp3) is 0.200. The van der Waals surface area contributed by atoms with Gasteiger partial charge >= 0.3 is 0 Å². The first kappa shape index (κ1) is 14.9. The summed E-state index contributed by atoms with van der Waals surface area (Å²) in [6.07, 6.45) is 1.59. The molecule has 0 aliphatic rings. The van der Waals surface area contributed by atoms with Gasteiger partial charge in [-0.15, -0.1) is 0 Å². The lowest BCUT2D eigenvalue weighted by Gasteiger charge is -2.14. The molecule has 0 aliphatic carbocycles. The molecule has 0 bridgehead atoms. The maximum atomic E-state index is 13.2. The third kappa shape index (κ3) is 4.00. The van der Waals surface area contributed by atoms with E-state index in [2.05, 4.69) is 15.5 Å². The molecular formula is C15H17FN4O. The molecule has 0 saturated carbocycles. The van der Waals surface area contributed by atoms with Crippen LogP contribution in [-0.2, 0) is 6.54 Å². The van der Waals surface area contributed by atoms with Gasteiger partial charge in [-0.2, -0.15) is 0 Å². The van der Waals surface area contributed by atoms with Gasteiger partial charge in [-0.3, -0.25) is 4.98 Å². The van der Waals surface area contributed by atoms with E-state index in [9.17, 15) is 4.39 Å². The molecular weight excluding hydrogens is 271 g/mol. The molecule has 0 amide bonds. The van der Waals surface area contributed by atoms with Gasteiger partial charge in [0.2, 0.25) is 0 Å². The number of aromatic nitrogens is 1. The van der Waals surface area contributed by atoms with Crippen molar-refractivity contribution in [2.24, 2.45) is 10.9 Å². The average Bonchev–Trinajstić information content (AvgIpc) is 2.52. The largest absolute Gasteiger partial charge is 0.409 e. The summed E-state index contributed by atoms with van der Waals surface area (Å²) in [5.41, 5.74) is 7.73. The Morgan fingerprint density at radius 3 is 2.95 bits per heavy atom. The Bertz CT molecular complexity index is 645. The number of hydrogen-bond acceptors (Lipinski definition) is 4. The first-order valence-electron chi connectivity index (χ1n) is 6.52. The molecule has 0 radical (unpaired) electrons. The molecule has 2 rings (SSSR count). The van der Waals surface area contributed by atoms with Gasteiger partial charge in [0.05, 0.1) is 0 Å². The number of nitrogens with zero attached hydrogens (tertiary/aromatic N) is 2. The monoisotopic (exact) mass is 288 g/mol. The Kier molecular flexibility index (Phi) is 4.84. The molecule has 1 unspecified atom stereocenters. The topological polar surface area (TPSA) is 83.5 Å². The molecule has 1 heterocycles. The Hall–Kier alpha value is -2.47. The van der Waals surface area contributed by atoms with Gasteiger partial charge in [-0.25, -0.2) is 4.39 Å². The van der Waals surface area contributed by atoms with Crippen molar-refractivity contribution in [3.8, 4) is 0 Å². The van der Waals surface area contributed by atoms with Crippen molar-refractivity contribution >= 4 is 5.84 Å². The van der Waals surface area contributed by atoms with E-state index in [-0.39, 0.29) is 17.7 Å². The van der Waals surface area contributed by atoms with Gasteiger partial charge in [0.25, 0.3) is 0 Å². The van der Waals surface area contributed by atoms with Crippen LogP contribution in [0.5, 0.6) is 0 Å². The first-order chi connectivity index (χ1) is 10.1. The molecule has 4 N–H and O–H groups in total. The third-order valence-corrected chi connectivity index (χ3v) is 3.16. The van der Waals surface area contributed by atoms with Crippen molar-refractivity contribution in [1.82, 2.24) is 10.3 Å². The number of halogens is 1. The Labute approximate surface area is 122 Å². The highest BCUT2D eigenvalue weighted by Gasteiger charge is 2.07. The molecule has 0 aliphatic heterocycles. The second-order valence-electron chi connectivity index (χ2n) is 4.69. The SMILES string of the molecule is CC(NCc1ccnc(C(N)=NO)c1)c1cccc(F)c1. The van der Waals surface area contributed by atoms with Crippen molar-refractivity contribution in [3.05, 3.63) is 65.2 Å². The van der Waals surface area contributed by atoms with Crippen LogP contribution in [0.15, 0.2) is 47.8 Å². The van der Waals surface area contributed by atoms with E-state index in [4.69, 9.17) is 10.9 Å². The molecule has 21 heavy (non-hydrogen) atoms. The van der Waals surface area contributed by atoms with Crippen LogP contribution in [0.1, 0.15) is 29.8 Å². The predicted octanol–water partition coefficient (Wildman–Crippen LogP) is 2.17. The quantitative estimate of drug-likeness (QED) is 0.341. The number of rotatable bonds is 5. The molecule has 110 valence electrons. The average molecular weight is 288 g/mol. The van der Waals surface area contributed by atoms with Crippen molar-refractivity contribution in [3.63, 3.8) is 0 Å². The normalized spacial score (nSPS) is 13.1. The lowest BCUT2D eigenvalue weighted by molar-refractivity contribution is 0.318. The Morgan fingerprint density at radius 1 is 1.43 bits per heavy atom. The first-order valence-corrected chi connectivity index (χ1v) is 6.52. The fourth-order valence-corrected chi connectivity index (χ4v) is 1.94. The number of benzene rings is 1. The van der Waals surface area contributed by atoms with E-state index in [1.807, 2.05) is 19.1 Å². The van der Waals surface area contributed by atoms with Crippen molar-refractivity contribution < 1.29 is 9.60 Å². The molecule has 0 spiro atoms. The van der Waals surface area contributed by atoms with Crippen LogP contribution in [0.25, 0.3) is 0 Å². The second kappa shape index (κ2) is 6.81. The van der Waals surface area contributed by atoms with Gasteiger partial charge in [0.1, 0.15) is 11.5 Å². The van der Waals surface area contributed by atoms with Crippen LogP contribution < -0.4 is 11.1 Å². The highest BCUT2D eigenvalue weighted by Crippen LogP contribution is 2.14. The maximum absolute atomic E-state index is 13.2. The molecule has 1 atom stereocenters. The van der Waals surface area contributed by atoms with Crippen LogP contribution in [0.3, 0.4) is 0 Å². The van der Waals surface area contributed by atoms with Crippen LogP contribution >= 0.6 is 0 Å². The van der Waals surface area contributed by atoms with Gasteiger partial charge in [0.15, 0.2) is 5.84 Å². The van der Waals surface area contributed by atoms with Crippen molar-refractivity contribution in [1.29, 1.82) is 0 Å². The van der Waals surface area contributed by atoms with Crippen LogP contribution in [-0.4, -0.2) is 16.0 Å². The molecule has 1 aromatic heterocycles. The van der Waals surface area contributed by atoms with Crippen LogP contribution in [0.2, 0.25) is 0 Å². The zero-order valence-corrected chi connectivity index (χ0v) is 11.6. The third-order valence-electron chi connectivity index (χ3n) is 3.16. The Balaban J connectivity index is 2.03. The van der Waals surface area contributed by atoms with Gasteiger partial charge in [-0.05, 0) is 42.3 Å².